The number of carbonyl (C=O) groups is 1. The van der Waals surface area contributed by atoms with Crippen molar-refractivity contribution in [3.05, 3.63) is 78.0 Å². The lowest BCUT2D eigenvalue weighted by Gasteiger charge is -2.42. The molecular weight excluding hydrogens is 400 g/mol. The third-order valence-electron chi connectivity index (χ3n) is 6.51. The van der Waals surface area contributed by atoms with Crippen molar-refractivity contribution in [2.75, 3.05) is 26.2 Å². The van der Waals surface area contributed by atoms with Crippen LogP contribution < -0.4 is 15.8 Å². The van der Waals surface area contributed by atoms with Gasteiger partial charge in [0, 0.05) is 36.3 Å². The van der Waals surface area contributed by atoms with E-state index in [0.717, 1.165) is 61.8 Å². The summed E-state index contributed by atoms with van der Waals surface area (Å²) in [6.07, 6.45) is 2.17. The Bertz CT molecular complexity index is 1070. The lowest BCUT2D eigenvalue weighted by atomic mass is 9.90. The maximum Gasteiger partial charge on any atom is 0.250 e. The monoisotopic (exact) mass is 428 g/mol. The molecule has 5 rings (SSSR count). The highest BCUT2D eigenvalue weighted by atomic mass is 16.5. The van der Waals surface area contributed by atoms with Crippen LogP contribution in [-0.2, 0) is 0 Å². The zero-order valence-electron chi connectivity index (χ0n) is 18.0. The number of ether oxygens (including phenoxy) is 1. The fourth-order valence-electron chi connectivity index (χ4n) is 4.52. The number of pyridine rings is 1. The highest BCUT2D eigenvalue weighted by molar-refractivity contribution is 5.98. The fraction of sp³-hybridized carbons (Fsp3) is 0.308. The molecule has 1 amide bonds. The quantitative estimate of drug-likeness (QED) is 0.624. The molecule has 164 valence electrons. The number of nitrogens with zero attached hydrogens (tertiary/aromatic N) is 2. The first kappa shape index (κ1) is 20.7. The SMILES string of the molecule is NC(=O)c1ccc(C2CCN(C3CNC3)CC2)nc1-c1ccc(Oc2ccccc2)cc1. The zero-order chi connectivity index (χ0) is 21.9. The molecule has 0 bridgehead atoms. The van der Waals surface area contributed by atoms with Crippen molar-refractivity contribution < 1.29 is 9.53 Å². The van der Waals surface area contributed by atoms with E-state index in [1.165, 1.54) is 0 Å². The Morgan fingerprint density at radius 2 is 1.62 bits per heavy atom. The molecule has 6 nitrogen and oxygen atoms in total. The number of hydrogen-bond acceptors (Lipinski definition) is 5. The van der Waals surface area contributed by atoms with Gasteiger partial charge in [0.15, 0.2) is 0 Å². The molecule has 6 heteroatoms. The predicted molar refractivity (Wildman–Crippen MR) is 125 cm³/mol. The number of nitrogens with two attached hydrogens (primary N) is 1. The number of benzene rings is 2. The fourth-order valence-corrected chi connectivity index (χ4v) is 4.52. The van der Waals surface area contributed by atoms with Gasteiger partial charge in [-0.1, -0.05) is 18.2 Å². The first-order valence-electron chi connectivity index (χ1n) is 11.3. The number of likely N-dealkylation sites (tertiary alicyclic amines) is 1. The number of hydrogen-bond donors (Lipinski definition) is 2. The van der Waals surface area contributed by atoms with Crippen molar-refractivity contribution >= 4 is 5.91 Å². The van der Waals surface area contributed by atoms with Crippen LogP contribution in [0.1, 0.15) is 34.8 Å². The van der Waals surface area contributed by atoms with Gasteiger partial charge in [0.05, 0.1) is 11.3 Å². The molecule has 3 heterocycles. The maximum absolute atomic E-state index is 12.1. The average molecular weight is 429 g/mol. The van der Waals surface area contributed by atoms with Gasteiger partial charge in [0.2, 0.25) is 0 Å². The van der Waals surface area contributed by atoms with Crippen LogP contribution in [0.3, 0.4) is 0 Å². The summed E-state index contributed by atoms with van der Waals surface area (Å²) in [4.78, 5) is 19.6. The molecule has 32 heavy (non-hydrogen) atoms. The molecule has 0 spiro atoms. The molecule has 0 unspecified atom stereocenters. The van der Waals surface area contributed by atoms with Gasteiger partial charge in [0.1, 0.15) is 11.5 Å². The summed E-state index contributed by atoms with van der Waals surface area (Å²) < 4.78 is 5.89. The van der Waals surface area contributed by atoms with Gasteiger partial charge in [0.25, 0.3) is 5.91 Å². The smallest absolute Gasteiger partial charge is 0.250 e. The molecule has 2 aromatic carbocycles. The lowest BCUT2D eigenvalue weighted by Crippen LogP contribution is -2.58. The standard InChI is InChI=1S/C26H28N4O2/c27-26(31)23-10-11-24(18-12-14-30(15-13-18)20-16-28-17-20)29-25(23)19-6-8-22(9-7-19)32-21-4-2-1-3-5-21/h1-11,18,20,28H,12-17H2,(H2,27,31). The number of amides is 1. The van der Waals surface area contributed by atoms with Crippen molar-refractivity contribution in [2.24, 2.45) is 5.73 Å². The Kier molecular flexibility index (Phi) is 5.88. The van der Waals surface area contributed by atoms with Gasteiger partial charge < -0.3 is 15.8 Å². The first-order valence-corrected chi connectivity index (χ1v) is 11.3. The lowest BCUT2D eigenvalue weighted by molar-refractivity contribution is 0.100. The third-order valence-corrected chi connectivity index (χ3v) is 6.51. The van der Waals surface area contributed by atoms with E-state index >= 15 is 0 Å². The third kappa shape index (κ3) is 4.38. The molecule has 0 radical (unpaired) electrons. The Balaban J connectivity index is 1.36. The molecule has 0 atom stereocenters. The van der Waals surface area contributed by atoms with Crippen LogP contribution in [0.15, 0.2) is 66.7 Å². The van der Waals surface area contributed by atoms with Gasteiger partial charge in [-0.15, -0.1) is 0 Å². The summed E-state index contributed by atoms with van der Waals surface area (Å²) in [7, 11) is 0. The van der Waals surface area contributed by atoms with Crippen LogP contribution in [0.25, 0.3) is 11.3 Å². The summed E-state index contributed by atoms with van der Waals surface area (Å²) in [6.45, 7) is 4.39. The number of piperidine rings is 1. The van der Waals surface area contributed by atoms with Crippen LogP contribution in [0, 0.1) is 0 Å². The minimum absolute atomic E-state index is 0.403. The molecule has 2 aliphatic rings. The molecule has 2 aliphatic heterocycles. The van der Waals surface area contributed by atoms with E-state index in [1.54, 1.807) is 0 Å². The first-order chi connectivity index (χ1) is 15.7. The van der Waals surface area contributed by atoms with Gasteiger partial charge in [-0.05, 0) is 74.5 Å². The predicted octanol–water partition coefficient (Wildman–Crippen LogP) is 3.79. The van der Waals surface area contributed by atoms with E-state index in [1.807, 2.05) is 66.7 Å². The van der Waals surface area contributed by atoms with Crippen LogP contribution in [0.4, 0.5) is 0 Å². The number of primary amides is 1. The Labute approximate surface area is 188 Å². The summed E-state index contributed by atoms with van der Waals surface area (Å²) in [5.41, 5.74) is 8.67. The normalized spacial score (nSPS) is 17.6. The number of rotatable bonds is 6. The minimum atomic E-state index is -0.462. The Morgan fingerprint density at radius 1 is 0.938 bits per heavy atom. The van der Waals surface area contributed by atoms with E-state index in [4.69, 9.17) is 15.5 Å². The van der Waals surface area contributed by atoms with Crippen molar-refractivity contribution in [3.8, 4) is 22.8 Å². The topological polar surface area (TPSA) is 80.5 Å². The molecular formula is C26H28N4O2. The van der Waals surface area contributed by atoms with E-state index in [-0.39, 0.29) is 0 Å². The van der Waals surface area contributed by atoms with Crippen molar-refractivity contribution in [1.29, 1.82) is 0 Å². The van der Waals surface area contributed by atoms with E-state index in [2.05, 4.69) is 10.2 Å². The largest absolute Gasteiger partial charge is 0.457 e. The molecule has 0 aliphatic carbocycles. The second-order valence-electron chi connectivity index (χ2n) is 8.56. The molecule has 1 aromatic heterocycles. The van der Waals surface area contributed by atoms with E-state index in [0.29, 0.717) is 23.2 Å². The minimum Gasteiger partial charge on any atom is -0.457 e. The molecule has 2 saturated heterocycles. The van der Waals surface area contributed by atoms with Gasteiger partial charge in [-0.25, -0.2) is 0 Å². The number of para-hydroxylation sites is 1. The average Bonchev–Trinajstić information content (AvgIpc) is 2.79. The Morgan fingerprint density at radius 3 is 2.25 bits per heavy atom. The van der Waals surface area contributed by atoms with Crippen LogP contribution in [0.2, 0.25) is 0 Å². The second-order valence-corrected chi connectivity index (χ2v) is 8.56. The number of carbonyl (C=O) groups excluding carboxylic acids is 1. The summed E-state index contributed by atoms with van der Waals surface area (Å²) in [6, 6.07) is 21.8. The van der Waals surface area contributed by atoms with E-state index in [9.17, 15) is 4.79 Å². The summed E-state index contributed by atoms with van der Waals surface area (Å²) >= 11 is 0. The number of aromatic nitrogens is 1. The molecule has 3 N–H and O–H groups in total. The molecule has 2 fully saturated rings. The zero-order valence-corrected chi connectivity index (χ0v) is 18.0. The number of nitrogens with one attached hydrogen (secondary N) is 1. The van der Waals surface area contributed by atoms with Gasteiger partial charge >= 0.3 is 0 Å². The van der Waals surface area contributed by atoms with Crippen LogP contribution >= 0.6 is 0 Å². The molecule has 3 aromatic rings. The summed E-state index contributed by atoms with van der Waals surface area (Å²) in [5.74, 6) is 1.45. The summed E-state index contributed by atoms with van der Waals surface area (Å²) in [5, 5.41) is 3.35. The second kappa shape index (κ2) is 9.10. The highest BCUT2D eigenvalue weighted by Crippen LogP contribution is 2.32. The highest BCUT2D eigenvalue weighted by Gasteiger charge is 2.30. The molecule has 0 saturated carbocycles. The van der Waals surface area contributed by atoms with Gasteiger partial charge in [-0.3, -0.25) is 14.7 Å². The maximum atomic E-state index is 12.1. The van der Waals surface area contributed by atoms with Crippen molar-refractivity contribution in [2.45, 2.75) is 24.8 Å². The van der Waals surface area contributed by atoms with Crippen molar-refractivity contribution in [3.63, 3.8) is 0 Å². The van der Waals surface area contributed by atoms with Crippen LogP contribution in [-0.4, -0.2) is 48.0 Å². The van der Waals surface area contributed by atoms with Gasteiger partial charge in [-0.2, -0.15) is 0 Å². The van der Waals surface area contributed by atoms with Crippen molar-refractivity contribution in [1.82, 2.24) is 15.2 Å². The van der Waals surface area contributed by atoms with Crippen LogP contribution in [0.5, 0.6) is 11.5 Å². The Hall–Kier alpha value is -3.22. The van der Waals surface area contributed by atoms with E-state index < -0.39 is 5.91 Å².